The highest BCUT2D eigenvalue weighted by molar-refractivity contribution is 8.68. The maximum Gasteiger partial charge on any atom is 0.0215 e. The fourth-order valence-corrected chi connectivity index (χ4v) is 2.93. The Morgan fingerprint density at radius 1 is 1.06 bits per heavy atom. The van der Waals surface area contributed by atoms with Crippen molar-refractivity contribution >= 4 is 22.5 Å². The van der Waals surface area contributed by atoms with Gasteiger partial charge in [0, 0.05) is 4.90 Å². The Balaban J connectivity index is 2.86. The first kappa shape index (κ1) is 14.0. The van der Waals surface area contributed by atoms with Gasteiger partial charge in [-0.15, -0.1) is 11.7 Å². The minimum absolute atomic E-state index is 1.21. The maximum absolute atomic E-state index is 4.36. The zero-order valence-corrected chi connectivity index (χ0v) is 12.0. The van der Waals surface area contributed by atoms with Crippen LogP contribution in [0.25, 0.3) is 0 Å². The van der Waals surface area contributed by atoms with Gasteiger partial charge in [0.15, 0.2) is 0 Å². The Morgan fingerprint density at radius 3 is 2.38 bits per heavy atom. The molecule has 0 radical (unpaired) electrons. The van der Waals surface area contributed by atoms with Gasteiger partial charge < -0.3 is 0 Å². The van der Waals surface area contributed by atoms with Gasteiger partial charge in [-0.3, -0.25) is 0 Å². The van der Waals surface area contributed by atoms with Crippen molar-refractivity contribution in [3.63, 3.8) is 0 Å². The first-order valence-electron chi connectivity index (χ1n) is 6.25. The topological polar surface area (TPSA) is 0 Å². The summed E-state index contributed by atoms with van der Waals surface area (Å²) in [6.07, 6.45) is 7.53. The molecule has 0 saturated carbocycles. The third-order valence-electron chi connectivity index (χ3n) is 2.91. The molecule has 0 N–H and O–H groups in total. The fourth-order valence-electron chi connectivity index (χ4n) is 1.94. The summed E-state index contributed by atoms with van der Waals surface area (Å²) in [5.41, 5.74) is 3.08. The molecular weight excluding hydrogens is 232 g/mol. The summed E-state index contributed by atoms with van der Waals surface area (Å²) in [7, 11) is 1.59. The van der Waals surface area contributed by atoms with Crippen LogP contribution < -0.4 is 0 Å². The number of aryl methyl sites for hydroxylation is 1. The molecular formula is C14H22S2. The Hall–Kier alpha value is -0.0800. The first-order chi connectivity index (χ1) is 7.83. The van der Waals surface area contributed by atoms with Gasteiger partial charge in [-0.1, -0.05) is 49.6 Å². The molecule has 0 heterocycles. The van der Waals surface area contributed by atoms with E-state index in [0.29, 0.717) is 0 Å². The Labute approximate surface area is 109 Å². The van der Waals surface area contributed by atoms with Crippen LogP contribution in [0.3, 0.4) is 0 Å². The van der Waals surface area contributed by atoms with Crippen LogP contribution in [-0.2, 0) is 12.8 Å². The Kier molecular flexibility index (Phi) is 7.06. The molecule has 0 aliphatic rings. The summed E-state index contributed by atoms with van der Waals surface area (Å²) in [5.74, 6) is 0. The molecule has 0 aliphatic heterocycles. The van der Waals surface area contributed by atoms with Gasteiger partial charge in [0.05, 0.1) is 0 Å². The van der Waals surface area contributed by atoms with Crippen molar-refractivity contribution in [2.45, 2.75) is 57.3 Å². The van der Waals surface area contributed by atoms with Crippen LogP contribution in [0.4, 0.5) is 0 Å². The molecule has 0 spiro atoms. The number of hydrogen-bond acceptors (Lipinski definition) is 2. The predicted octanol–water partition coefficient (Wildman–Crippen LogP) is 5.31. The van der Waals surface area contributed by atoms with Gasteiger partial charge in [-0.05, 0) is 42.9 Å². The molecule has 1 rings (SSSR count). The van der Waals surface area contributed by atoms with Gasteiger partial charge in [-0.25, -0.2) is 0 Å². The van der Waals surface area contributed by atoms with Gasteiger partial charge >= 0.3 is 0 Å². The molecule has 90 valence electrons. The summed E-state index contributed by atoms with van der Waals surface area (Å²) < 4.78 is 0. The van der Waals surface area contributed by atoms with Crippen molar-refractivity contribution in [2.75, 3.05) is 0 Å². The zero-order valence-electron chi connectivity index (χ0n) is 10.3. The molecule has 0 aliphatic carbocycles. The lowest BCUT2D eigenvalue weighted by Crippen LogP contribution is -1.97. The van der Waals surface area contributed by atoms with Crippen LogP contribution in [-0.4, -0.2) is 0 Å². The normalized spacial score (nSPS) is 10.7. The maximum atomic E-state index is 4.36. The van der Waals surface area contributed by atoms with Crippen molar-refractivity contribution in [3.8, 4) is 0 Å². The van der Waals surface area contributed by atoms with Gasteiger partial charge in [0.1, 0.15) is 0 Å². The summed E-state index contributed by atoms with van der Waals surface area (Å²) in [6, 6.07) is 6.64. The molecule has 1 aromatic rings. The van der Waals surface area contributed by atoms with E-state index in [4.69, 9.17) is 0 Å². The van der Waals surface area contributed by atoms with Crippen LogP contribution in [0.15, 0.2) is 23.1 Å². The Morgan fingerprint density at radius 2 is 1.75 bits per heavy atom. The minimum atomic E-state index is 1.21. The first-order valence-corrected chi connectivity index (χ1v) is 8.12. The number of hydrogen-bond donors (Lipinski definition) is 1. The van der Waals surface area contributed by atoms with E-state index in [0.717, 1.165) is 0 Å². The summed E-state index contributed by atoms with van der Waals surface area (Å²) >= 11 is 4.36. The molecule has 0 aromatic heterocycles. The van der Waals surface area contributed by atoms with Crippen LogP contribution in [0.5, 0.6) is 0 Å². The second-order valence-corrected chi connectivity index (χ2v) is 5.36. The average molecular weight is 254 g/mol. The predicted molar refractivity (Wildman–Crippen MR) is 78.5 cm³/mol. The van der Waals surface area contributed by atoms with E-state index in [-0.39, 0.29) is 0 Å². The highest BCUT2D eigenvalue weighted by Gasteiger charge is 2.07. The average Bonchev–Trinajstić information content (AvgIpc) is 2.33. The van der Waals surface area contributed by atoms with Crippen LogP contribution >= 0.6 is 22.5 Å². The minimum Gasteiger partial charge on any atom is -0.106 e. The highest BCUT2D eigenvalue weighted by atomic mass is 33.1. The lowest BCUT2D eigenvalue weighted by atomic mass is 9.98. The molecule has 0 bridgehead atoms. The smallest absolute Gasteiger partial charge is 0.0215 e. The van der Waals surface area contributed by atoms with E-state index in [2.05, 4.69) is 43.7 Å². The van der Waals surface area contributed by atoms with Gasteiger partial charge in [0.25, 0.3) is 0 Å². The molecule has 0 atom stereocenters. The third-order valence-corrected chi connectivity index (χ3v) is 4.08. The summed E-state index contributed by atoms with van der Waals surface area (Å²) in [6.45, 7) is 4.51. The van der Waals surface area contributed by atoms with Crippen LogP contribution in [0.1, 0.15) is 50.7 Å². The van der Waals surface area contributed by atoms with E-state index < -0.39 is 0 Å². The van der Waals surface area contributed by atoms with E-state index in [1.807, 2.05) is 0 Å². The summed E-state index contributed by atoms with van der Waals surface area (Å²) in [4.78, 5) is 1.35. The zero-order chi connectivity index (χ0) is 11.8. The number of unbranched alkanes of at least 4 members (excludes halogenated alkanes) is 2. The standard InChI is InChI=1S/C14H22S2/c1-3-5-8-12-9-7-11-14(16-15)13(12)10-6-4-2/h7,9,11,15H,3-6,8,10H2,1-2H3. The highest BCUT2D eigenvalue weighted by Crippen LogP contribution is 2.30. The van der Waals surface area contributed by atoms with Crippen LogP contribution in [0, 0.1) is 0 Å². The van der Waals surface area contributed by atoms with Crippen molar-refractivity contribution in [1.29, 1.82) is 0 Å². The number of benzene rings is 1. The van der Waals surface area contributed by atoms with E-state index in [9.17, 15) is 0 Å². The Bertz CT molecular complexity index is 308. The number of thiol groups is 1. The lowest BCUT2D eigenvalue weighted by molar-refractivity contribution is 0.749. The molecule has 0 unspecified atom stereocenters. The van der Waals surface area contributed by atoms with Gasteiger partial charge in [-0.2, -0.15) is 0 Å². The van der Waals surface area contributed by atoms with E-state index in [1.54, 1.807) is 10.8 Å². The van der Waals surface area contributed by atoms with Gasteiger partial charge in [0.2, 0.25) is 0 Å². The second kappa shape index (κ2) is 8.08. The quantitative estimate of drug-likeness (QED) is 0.508. The van der Waals surface area contributed by atoms with Crippen LogP contribution in [0.2, 0.25) is 0 Å². The van der Waals surface area contributed by atoms with E-state index in [1.165, 1.54) is 54.5 Å². The SMILES string of the molecule is CCCCc1cccc(SS)c1CCCC. The monoisotopic (exact) mass is 254 g/mol. The van der Waals surface area contributed by atoms with Crippen molar-refractivity contribution in [3.05, 3.63) is 29.3 Å². The molecule has 2 heteroatoms. The van der Waals surface area contributed by atoms with Crippen molar-refractivity contribution < 1.29 is 0 Å². The number of rotatable bonds is 7. The third kappa shape index (κ3) is 4.06. The second-order valence-electron chi connectivity index (χ2n) is 4.19. The molecule has 0 amide bonds. The molecule has 0 nitrogen and oxygen atoms in total. The lowest BCUT2D eigenvalue weighted by Gasteiger charge is -2.12. The molecule has 1 aromatic carbocycles. The largest absolute Gasteiger partial charge is 0.106 e. The van der Waals surface area contributed by atoms with Crippen molar-refractivity contribution in [1.82, 2.24) is 0 Å². The molecule has 0 fully saturated rings. The van der Waals surface area contributed by atoms with Crippen molar-refractivity contribution in [2.24, 2.45) is 0 Å². The fraction of sp³-hybridized carbons (Fsp3) is 0.571. The molecule has 0 saturated heterocycles. The summed E-state index contributed by atoms with van der Waals surface area (Å²) in [5, 5.41) is 0. The molecule has 16 heavy (non-hydrogen) atoms. The van der Waals surface area contributed by atoms with E-state index >= 15 is 0 Å².